The second-order valence-electron chi connectivity index (χ2n) is 5.80. The van der Waals surface area contributed by atoms with Crippen molar-refractivity contribution in [3.05, 3.63) is 53.9 Å². The fraction of sp³-hybridized carbons (Fsp3) is 0.389. The highest BCUT2D eigenvalue weighted by atomic mass is 16.7. The quantitative estimate of drug-likeness (QED) is 0.886. The van der Waals surface area contributed by atoms with Crippen molar-refractivity contribution in [2.75, 3.05) is 6.79 Å². The van der Waals surface area contributed by atoms with E-state index in [1.807, 2.05) is 18.3 Å². The van der Waals surface area contributed by atoms with E-state index >= 15 is 0 Å². The van der Waals surface area contributed by atoms with Crippen LogP contribution in [0, 0.1) is 0 Å². The molecule has 2 unspecified atom stereocenters. The number of nitrogens with one attached hydrogen (secondary N) is 1. The first kappa shape index (κ1) is 14.9. The van der Waals surface area contributed by atoms with Gasteiger partial charge in [-0.3, -0.25) is 4.98 Å². The lowest BCUT2D eigenvalue weighted by Crippen LogP contribution is -2.29. The summed E-state index contributed by atoms with van der Waals surface area (Å²) in [6, 6.07) is 11.0. The number of ether oxygens (including phenoxy) is 2. The van der Waals surface area contributed by atoms with Crippen LogP contribution in [-0.2, 0) is 6.42 Å². The Morgan fingerprint density at radius 3 is 2.86 bits per heavy atom. The van der Waals surface area contributed by atoms with Crippen LogP contribution >= 0.6 is 0 Å². The van der Waals surface area contributed by atoms with Crippen molar-refractivity contribution in [3.63, 3.8) is 0 Å². The molecule has 1 aromatic carbocycles. The maximum atomic E-state index is 5.42. The van der Waals surface area contributed by atoms with Crippen LogP contribution in [0.25, 0.3) is 0 Å². The molecule has 22 heavy (non-hydrogen) atoms. The van der Waals surface area contributed by atoms with Gasteiger partial charge in [-0.1, -0.05) is 12.1 Å². The summed E-state index contributed by atoms with van der Waals surface area (Å²) in [6.45, 7) is 4.73. The highest BCUT2D eigenvalue weighted by Gasteiger charge is 2.14. The second-order valence-corrected chi connectivity index (χ2v) is 5.80. The van der Waals surface area contributed by atoms with Crippen molar-refractivity contribution < 1.29 is 9.47 Å². The molecule has 0 aliphatic carbocycles. The number of hydrogen-bond donors (Lipinski definition) is 1. The van der Waals surface area contributed by atoms with Gasteiger partial charge in [0.15, 0.2) is 11.5 Å². The summed E-state index contributed by atoms with van der Waals surface area (Å²) in [6.07, 6.45) is 5.82. The summed E-state index contributed by atoms with van der Waals surface area (Å²) in [4.78, 5) is 4.17. The van der Waals surface area contributed by atoms with Gasteiger partial charge in [-0.25, -0.2) is 0 Å². The Morgan fingerprint density at radius 1 is 1.18 bits per heavy atom. The highest BCUT2D eigenvalue weighted by molar-refractivity contribution is 5.44. The van der Waals surface area contributed by atoms with Gasteiger partial charge in [-0.2, -0.15) is 0 Å². The Bertz CT molecular complexity index is 616. The number of rotatable bonds is 6. The van der Waals surface area contributed by atoms with Crippen molar-refractivity contribution >= 4 is 0 Å². The second kappa shape index (κ2) is 6.79. The van der Waals surface area contributed by atoms with Crippen LogP contribution in [0.1, 0.15) is 37.4 Å². The minimum Gasteiger partial charge on any atom is -0.454 e. The van der Waals surface area contributed by atoms with Gasteiger partial charge in [0, 0.05) is 24.5 Å². The first-order valence-corrected chi connectivity index (χ1v) is 7.77. The summed E-state index contributed by atoms with van der Waals surface area (Å²) in [5.74, 6) is 1.71. The molecular formula is C18H22N2O2. The van der Waals surface area contributed by atoms with Crippen molar-refractivity contribution in [2.45, 2.75) is 38.8 Å². The van der Waals surface area contributed by atoms with Gasteiger partial charge >= 0.3 is 0 Å². The molecule has 0 spiro atoms. The third-order valence-corrected chi connectivity index (χ3v) is 4.02. The number of aryl methyl sites for hydroxylation is 1. The maximum Gasteiger partial charge on any atom is 0.231 e. The molecule has 1 N–H and O–H groups in total. The van der Waals surface area contributed by atoms with E-state index in [-0.39, 0.29) is 0 Å². The predicted octanol–water partition coefficient (Wildman–Crippen LogP) is 3.48. The minimum absolute atomic E-state index is 0.306. The molecule has 4 heteroatoms. The molecule has 3 rings (SSSR count). The van der Waals surface area contributed by atoms with E-state index in [0.29, 0.717) is 18.9 Å². The van der Waals surface area contributed by atoms with E-state index in [0.717, 1.165) is 24.3 Å². The van der Waals surface area contributed by atoms with Crippen LogP contribution in [0.5, 0.6) is 11.5 Å². The van der Waals surface area contributed by atoms with E-state index in [1.165, 1.54) is 11.1 Å². The van der Waals surface area contributed by atoms with Gasteiger partial charge in [0.2, 0.25) is 6.79 Å². The molecule has 116 valence electrons. The number of nitrogens with zero attached hydrogens (tertiary/aromatic N) is 1. The third kappa shape index (κ3) is 3.57. The SMILES string of the molecule is CC(CCc1ccc2c(c1)OCO2)NC(C)c1cccnc1. The summed E-state index contributed by atoms with van der Waals surface area (Å²) >= 11 is 0. The van der Waals surface area contributed by atoms with Crippen LogP contribution in [-0.4, -0.2) is 17.8 Å². The van der Waals surface area contributed by atoms with Crippen molar-refractivity contribution in [3.8, 4) is 11.5 Å². The lowest BCUT2D eigenvalue weighted by Gasteiger charge is -2.20. The maximum absolute atomic E-state index is 5.42. The largest absolute Gasteiger partial charge is 0.454 e. The normalized spacial score (nSPS) is 15.5. The van der Waals surface area contributed by atoms with Crippen molar-refractivity contribution in [1.29, 1.82) is 0 Å². The average molecular weight is 298 g/mol. The fourth-order valence-electron chi connectivity index (χ4n) is 2.72. The van der Waals surface area contributed by atoms with Gasteiger partial charge in [0.25, 0.3) is 0 Å². The van der Waals surface area contributed by atoms with Gasteiger partial charge in [-0.15, -0.1) is 0 Å². The zero-order valence-electron chi connectivity index (χ0n) is 13.1. The predicted molar refractivity (Wildman–Crippen MR) is 86.1 cm³/mol. The first-order valence-electron chi connectivity index (χ1n) is 7.77. The summed E-state index contributed by atoms with van der Waals surface area (Å²) < 4.78 is 10.8. The smallest absolute Gasteiger partial charge is 0.231 e. The molecule has 0 saturated heterocycles. The van der Waals surface area contributed by atoms with Crippen molar-refractivity contribution in [1.82, 2.24) is 10.3 Å². The Balaban J connectivity index is 1.51. The number of aromatic nitrogens is 1. The molecule has 4 nitrogen and oxygen atoms in total. The summed E-state index contributed by atoms with van der Waals surface area (Å²) in [7, 11) is 0. The van der Waals surface area contributed by atoms with Gasteiger partial charge in [0.05, 0.1) is 0 Å². The Hall–Kier alpha value is -2.07. The number of fused-ring (bicyclic) bond motifs is 1. The molecule has 0 bridgehead atoms. The number of benzene rings is 1. The van der Waals surface area contributed by atoms with Crippen LogP contribution in [0.3, 0.4) is 0 Å². The van der Waals surface area contributed by atoms with Crippen LogP contribution in [0.2, 0.25) is 0 Å². The Morgan fingerprint density at radius 2 is 2.05 bits per heavy atom. The lowest BCUT2D eigenvalue weighted by molar-refractivity contribution is 0.174. The van der Waals surface area contributed by atoms with Crippen LogP contribution in [0.4, 0.5) is 0 Å². The molecule has 2 heterocycles. The highest BCUT2D eigenvalue weighted by Crippen LogP contribution is 2.32. The number of pyridine rings is 1. The third-order valence-electron chi connectivity index (χ3n) is 4.02. The van der Waals surface area contributed by atoms with E-state index < -0.39 is 0 Å². The molecule has 0 fully saturated rings. The van der Waals surface area contributed by atoms with E-state index in [2.05, 4.69) is 42.3 Å². The molecule has 2 aromatic rings. The van der Waals surface area contributed by atoms with Crippen LogP contribution in [0.15, 0.2) is 42.7 Å². The Labute approximate surface area is 131 Å². The molecule has 1 aromatic heterocycles. The monoisotopic (exact) mass is 298 g/mol. The number of hydrogen-bond acceptors (Lipinski definition) is 4. The summed E-state index contributed by atoms with van der Waals surface area (Å²) in [5.41, 5.74) is 2.50. The van der Waals surface area contributed by atoms with Gasteiger partial charge < -0.3 is 14.8 Å². The van der Waals surface area contributed by atoms with Crippen LogP contribution < -0.4 is 14.8 Å². The van der Waals surface area contributed by atoms with E-state index in [1.54, 1.807) is 6.20 Å². The zero-order valence-corrected chi connectivity index (χ0v) is 13.1. The van der Waals surface area contributed by atoms with Gasteiger partial charge in [-0.05, 0) is 56.0 Å². The summed E-state index contributed by atoms with van der Waals surface area (Å²) in [5, 5.41) is 3.62. The van der Waals surface area contributed by atoms with Gasteiger partial charge in [0.1, 0.15) is 0 Å². The minimum atomic E-state index is 0.306. The Kier molecular flexibility index (Phi) is 4.59. The molecule has 2 atom stereocenters. The zero-order chi connectivity index (χ0) is 15.4. The molecule has 0 amide bonds. The standard InChI is InChI=1S/C18H22N2O2/c1-13(20-14(2)16-4-3-9-19-11-16)5-6-15-7-8-17-18(10-15)22-12-21-17/h3-4,7-11,13-14,20H,5-6,12H2,1-2H3. The molecule has 0 saturated carbocycles. The van der Waals surface area contributed by atoms with E-state index in [4.69, 9.17) is 9.47 Å². The molecular weight excluding hydrogens is 276 g/mol. The average Bonchev–Trinajstić information content (AvgIpc) is 3.01. The lowest BCUT2D eigenvalue weighted by atomic mass is 10.0. The molecule has 1 aliphatic rings. The fourth-order valence-corrected chi connectivity index (χ4v) is 2.72. The molecule has 0 radical (unpaired) electrons. The first-order chi connectivity index (χ1) is 10.7. The van der Waals surface area contributed by atoms with E-state index in [9.17, 15) is 0 Å². The van der Waals surface area contributed by atoms with Crippen molar-refractivity contribution in [2.24, 2.45) is 0 Å². The topological polar surface area (TPSA) is 43.4 Å². The molecule has 1 aliphatic heterocycles.